The zero-order valence-electron chi connectivity index (χ0n) is 19.5. The molecule has 1 saturated heterocycles. The third kappa shape index (κ3) is 5.72. The van der Waals surface area contributed by atoms with Gasteiger partial charge in [0.05, 0.1) is 11.1 Å². The van der Waals surface area contributed by atoms with Gasteiger partial charge in [-0.3, -0.25) is 19.3 Å². The number of aromatic nitrogens is 2. The van der Waals surface area contributed by atoms with Crippen molar-refractivity contribution in [1.82, 2.24) is 14.9 Å². The van der Waals surface area contributed by atoms with E-state index in [9.17, 15) is 18.8 Å². The van der Waals surface area contributed by atoms with Crippen LogP contribution in [0.1, 0.15) is 22.3 Å². The molecule has 8 nitrogen and oxygen atoms in total. The minimum absolute atomic E-state index is 0.143. The van der Waals surface area contributed by atoms with Crippen LogP contribution in [-0.2, 0) is 9.59 Å². The van der Waals surface area contributed by atoms with E-state index in [-0.39, 0.29) is 21.8 Å². The zero-order valence-corrected chi connectivity index (χ0v) is 21.0. The second-order valence-corrected chi connectivity index (χ2v) is 9.39. The Labute approximate surface area is 215 Å². The van der Waals surface area contributed by atoms with E-state index in [4.69, 9.17) is 16.3 Å². The number of halogens is 2. The van der Waals surface area contributed by atoms with E-state index in [0.29, 0.717) is 11.3 Å². The molecule has 3 amide bonds. The summed E-state index contributed by atoms with van der Waals surface area (Å²) in [6, 6.07) is 10.3. The average molecular weight is 527 g/mol. The van der Waals surface area contributed by atoms with Crippen molar-refractivity contribution < 1.29 is 23.5 Å². The third-order valence-electron chi connectivity index (χ3n) is 5.17. The van der Waals surface area contributed by atoms with Gasteiger partial charge in [0.1, 0.15) is 12.3 Å². The van der Waals surface area contributed by atoms with Crippen LogP contribution in [0.4, 0.5) is 14.9 Å². The van der Waals surface area contributed by atoms with Crippen molar-refractivity contribution in [2.45, 2.75) is 20.8 Å². The fourth-order valence-electron chi connectivity index (χ4n) is 3.67. The number of hydrogen-bond acceptors (Lipinski definition) is 7. The molecule has 1 fully saturated rings. The Kier molecular flexibility index (Phi) is 7.37. The normalized spacial score (nSPS) is 14.5. The molecule has 1 N–H and O–H groups in total. The molecule has 0 aliphatic carbocycles. The number of amides is 3. The van der Waals surface area contributed by atoms with Gasteiger partial charge in [0.25, 0.3) is 17.0 Å². The number of carbonyl (C=O) groups is 3. The van der Waals surface area contributed by atoms with E-state index in [2.05, 4.69) is 15.3 Å². The van der Waals surface area contributed by atoms with Crippen LogP contribution in [0.15, 0.2) is 47.5 Å². The first-order valence-corrected chi connectivity index (χ1v) is 11.9. The molecule has 1 aromatic heterocycles. The van der Waals surface area contributed by atoms with Crippen LogP contribution < -0.4 is 10.1 Å². The Hall–Kier alpha value is -3.76. The number of carbonyl (C=O) groups excluding carboxylic acids is 3. The number of nitrogens with one attached hydrogen (secondary N) is 1. The Morgan fingerprint density at radius 1 is 1.19 bits per heavy atom. The number of nitrogens with zero attached hydrogens (tertiary/aromatic N) is 3. The quantitative estimate of drug-likeness (QED) is 0.326. The molecule has 0 bridgehead atoms. The molecule has 0 radical (unpaired) electrons. The largest absolute Gasteiger partial charge is 0.436 e. The van der Waals surface area contributed by atoms with E-state index < -0.39 is 29.4 Å². The van der Waals surface area contributed by atoms with Gasteiger partial charge in [-0.25, -0.2) is 4.98 Å². The summed E-state index contributed by atoms with van der Waals surface area (Å²) in [7, 11) is 0. The number of anilines is 1. The first-order chi connectivity index (χ1) is 17.1. The number of aryl methyl sites for hydroxylation is 3. The lowest BCUT2D eigenvalue weighted by atomic mass is 10.1. The highest BCUT2D eigenvalue weighted by Crippen LogP contribution is 2.33. The fraction of sp³-hybridized carbons (Fsp3) is 0.160. The summed E-state index contributed by atoms with van der Waals surface area (Å²) >= 11 is 6.42. The highest BCUT2D eigenvalue weighted by atomic mass is 35.5. The number of benzene rings is 2. The maximum Gasteiger partial charge on any atom is 0.294 e. The van der Waals surface area contributed by atoms with Gasteiger partial charge < -0.3 is 10.1 Å². The van der Waals surface area contributed by atoms with Crippen molar-refractivity contribution in [3.05, 3.63) is 80.9 Å². The molecule has 11 heteroatoms. The molecule has 0 spiro atoms. The van der Waals surface area contributed by atoms with Gasteiger partial charge >= 0.3 is 0 Å². The van der Waals surface area contributed by atoms with Gasteiger partial charge in [-0.1, -0.05) is 29.8 Å². The number of hydrogen-bond donors (Lipinski definition) is 1. The lowest BCUT2D eigenvalue weighted by Gasteiger charge is -2.15. The predicted molar refractivity (Wildman–Crippen MR) is 135 cm³/mol. The highest BCUT2D eigenvalue weighted by Gasteiger charge is 2.36. The second-order valence-electron chi connectivity index (χ2n) is 8.06. The molecule has 1 aliphatic heterocycles. The smallest absolute Gasteiger partial charge is 0.294 e. The van der Waals surface area contributed by atoms with Crippen LogP contribution in [-0.4, -0.2) is 38.5 Å². The summed E-state index contributed by atoms with van der Waals surface area (Å²) in [5, 5.41) is 2.07. The first kappa shape index (κ1) is 25.3. The highest BCUT2D eigenvalue weighted by molar-refractivity contribution is 8.18. The first-order valence-electron chi connectivity index (χ1n) is 10.7. The molecule has 36 heavy (non-hydrogen) atoms. The Morgan fingerprint density at radius 2 is 1.92 bits per heavy atom. The molecule has 0 atom stereocenters. The van der Waals surface area contributed by atoms with Gasteiger partial charge in [-0.05, 0) is 79.0 Å². The van der Waals surface area contributed by atoms with Gasteiger partial charge in [0.2, 0.25) is 17.0 Å². The second kappa shape index (κ2) is 10.5. The maximum absolute atomic E-state index is 13.9. The molecule has 4 rings (SSSR count). The Morgan fingerprint density at radius 3 is 2.64 bits per heavy atom. The molecule has 0 unspecified atom stereocenters. The summed E-state index contributed by atoms with van der Waals surface area (Å²) in [5.74, 6) is -1.97. The topological polar surface area (TPSA) is 101 Å². The standard InChI is InChI=1S/C25H20ClFN4O4S/c1-13-7-14(2)21(15(3)8-13)29-20(32)12-31-23(33)19(36-25(31)34)10-16-5-4-6-17(9-16)35-22-18(27)11-28-24(26)30-22/h4-11H,12H2,1-3H3,(H,29,32)/b19-10+. The van der Waals surface area contributed by atoms with Crippen molar-refractivity contribution in [2.75, 3.05) is 11.9 Å². The summed E-state index contributed by atoms with van der Waals surface area (Å²) in [5.41, 5.74) is 4.03. The van der Waals surface area contributed by atoms with Crippen molar-refractivity contribution >= 4 is 52.2 Å². The van der Waals surface area contributed by atoms with Crippen LogP contribution in [0, 0.1) is 26.6 Å². The van der Waals surface area contributed by atoms with E-state index in [0.717, 1.165) is 39.5 Å². The minimum atomic E-state index is -0.791. The molecule has 2 aromatic carbocycles. The summed E-state index contributed by atoms with van der Waals surface area (Å²) in [6.07, 6.45) is 2.38. The molecule has 3 aromatic rings. The molecular weight excluding hydrogens is 507 g/mol. The summed E-state index contributed by atoms with van der Waals surface area (Å²) in [4.78, 5) is 46.2. The summed E-state index contributed by atoms with van der Waals surface area (Å²) in [6.45, 7) is 5.31. The van der Waals surface area contributed by atoms with E-state index in [1.165, 1.54) is 6.08 Å². The molecule has 2 heterocycles. The molecule has 184 valence electrons. The number of imide groups is 1. The summed E-state index contributed by atoms with van der Waals surface area (Å²) < 4.78 is 19.3. The lowest BCUT2D eigenvalue weighted by Crippen LogP contribution is -2.36. The fourth-order valence-corrected chi connectivity index (χ4v) is 4.63. The van der Waals surface area contributed by atoms with Crippen LogP contribution in [0.3, 0.4) is 0 Å². The van der Waals surface area contributed by atoms with E-state index in [1.807, 2.05) is 32.9 Å². The van der Waals surface area contributed by atoms with Gasteiger partial charge in [-0.15, -0.1) is 0 Å². The van der Waals surface area contributed by atoms with Crippen LogP contribution in [0.2, 0.25) is 5.28 Å². The van der Waals surface area contributed by atoms with Gasteiger partial charge in [0.15, 0.2) is 0 Å². The van der Waals surface area contributed by atoms with Crippen molar-refractivity contribution in [3.63, 3.8) is 0 Å². The van der Waals surface area contributed by atoms with Crippen LogP contribution >= 0.6 is 23.4 Å². The monoisotopic (exact) mass is 526 g/mol. The molecule has 0 saturated carbocycles. The SMILES string of the molecule is Cc1cc(C)c(NC(=O)CN2C(=O)S/C(=C/c3cccc(Oc4nc(Cl)ncc4F)c3)C2=O)c(C)c1. The van der Waals surface area contributed by atoms with Crippen molar-refractivity contribution in [2.24, 2.45) is 0 Å². The van der Waals surface area contributed by atoms with E-state index in [1.54, 1.807) is 24.3 Å². The third-order valence-corrected chi connectivity index (χ3v) is 6.26. The number of thioether (sulfide) groups is 1. The van der Waals surface area contributed by atoms with Crippen LogP contribution in [0.25, 0.3) is 6.08 Å². The maximum atomic E-state index is 13.9. The Bertz CT molecular complexity index is 1410. The van der Waals surface area contributed by atoms with Gasteiger partial charge in [-0.2, -0.15) is 9.37 Å². The molecule has 1 aliphatic rings. The van der Waals surface area contributed by atoms with Crippen LogP contribution in [0.5, 0.6) is 11.6 Å². The minimum Gasteiger partial charge on any atom is -0.436 e. The van der Waals surface area contributed by atoms with Crippen molar-refractivity contribution in [1.29, 1.82) is 0 Å². The average Bonchev–Trinajstić information content (AvgIpc) is 3.06. The van der Waals surface area contributed by atoms with Crippen molar-refractivity contribution in [3.8, 4) is 11.6 Å². The number of rotatable bonds is 6. The van der Waals surface area contributed by atoms with Gasteiger partial charge in [0, 0.05) is 5.69 Å². The predicted octanol–water partition coefficient (Wildman–Crippen LogP) is 5.66. The van der Waals surface area contributed by atoms with E-state index >= 15 is 0 Å². The number of ether oxygens (including phenoxy) is 1. The molecular formula is C25H20ClFN4O4S. The zero-order chi connectivity index (χ0) is 26.0. The Balaban J connectivity index is 1.47. The lowest BCUT2D eigenvalue weighted by molar-refractivity contribution is -0.127.